The van der Waals surface area contributed by atoms with Gasteiger partial charge in [0.2, 0.25) is 0 Å². The third-order valence-corrected chi connectivity index (χ3v) is 6.19. The number of ether oxygens (including phenoxy) is 1. The maximum absolute atomic E-state index is 14.5. The Hall–Kier alpha value is -2.30. The molecule has 1 aliphatic rings. The predicted octanol–water partition coefficient (Wildman–Crippen LogP) is 6.72. The SMILES string of the molecule is CCC1CCC(C(C)Cc2ccc(C(=O)Oc3ccc(F)c(F)c3)c(F)c2)CC1. The first kappa shape index (κ1) is 21.4. The second-order valence-electron chi connectivity index (χ2n) is 8.15. The van der Waals surface area contributed by atoms with Crippen molar-refractivity contribution in [2.75, 3.05) is 0 Å². The van der Waals surface area contributed by atoms with Crippen molar-refractivity contribution >= 4 is 5.97 Å². The normalized spacial score (nSPS) is 20.3. The summed E-state index contributed by atoms with van der Waals surface area (Å²) in [6, 6.07) is 7.24. The fraction of sp³-hybridized carbons (Fsp3) is 0.458. The van der Waals surface area contributed by atoms with E-state index in [0.29, 0.717) is 11.8 Å². The standard InChI is InChI=1S/C24H27F3O2/c1-3-16-4-7-18(8-5-16)15(2)12-17-6-10-20(22(26)13-17)24(28)29-19-9-11-21(25)23(27)14-19/h6,9-11,13-16,18H,3-5,7-8,12H2,1-2H3. The summed E-state index contributed by atoms with van der Waals surface area (Å²) < 4.78 is 45.7. The third kappa shape index (κ3) is 5.40. The van der Waals surface area contributed by atoms with Gasteiger partial charge in [0.15, 0.2) is 11.6 Å². The van der Waals surface area contributed by atoms with E-state index >= 15 is 0 Å². The van der Waals surface area contributed by atoms with Crippen LogP contribution in [0.5, 0.6) is 5.75 Å². The van der Waals surface area contributed by atoms with E-state index in [9.17, 15) is 18.0 Å². The first-order valence-electron chi connectivity index (χ1n) is 10.3. The Balaban J connectivity index is 1.62. The number of carbonyl (C=O) groups is 1. The van der Waals surface area contributed by atoms with Gasteiger partial charge in [0, 0.05) is 6.07 Å². The summed E-state index contributed by atoms with van der Waals surface area (Å²) in [5.74, 6) is -2.01. The van der Waals surface area contributed by atoms with Gasteiger partial charge >= 0.3 is 5.97 Å². The second kappa shape index (κ2) is 9.47. The van der Waals surface area contributed by atoms with Crippen molar-refractivity contribution in [3.05, 3.63) is 65.0 Å². The summed E-state index contributed by atoms with van der Waals surface area (Å²) in [6.45, 7) is 4.45. The molecule has 3 rings (SSSR count). The van der Waals surface area contributed by atoms with Crippen LogP contribution >= 0.6 is 0 Å². The average molecular weight is 404 g/mol. The number of carbonyl (C=O) groups excluding carboxylic acids is 1. The smallest absolute Gasteiger partial charge is 0.346 e. The van der Waals surface area contributed by atoms with Gasteiger partial charge in [0.05, 0.1) is 5.56 Å². The minimum Gasteiger partial charge on any atom is -0.423 e. The lowest BCUT2D eigenvalue weighted by molar-refractivity contribution is 0.0729. The molecule has 1 unspecified atom stereocenters. The van der Waals surface area contributed by atoms with Gasteiger partial charge in [-0.05, 0) is 66.8 Å². The molecule has 5 heteroatoms. The zero-order chi connectivity index (χ0) is 21.0. The van der Waals surface area contributed by atoms with Crippen molar-refractivity contribution < 1.29 is 22.7 Å². The van der Waals surface area contributed by atoms with E-state index in [2.05, 4.69) is 13.8 Å². The van der Waals surface area contributed by atoms with Crippen LogP contribution in [0.3, 0.4) is 0 Å². The van der Waals surface area contributed by atoms with Crippen LogP contribution in [0.4, 0.5) is 13.2 Å². The van der Waals surface area contributed by atoms with Gasteiger partial charge in [-0.1, -0.05) is 39.2 Å². The molecule has 1 saturated carbocycles. The van der Waals surface area contributed by atoms with E-state index < -0.39 is 23.4 Å². The van der Waals surface area contributed by atoms with Crippen molar-refractivity contribution in [1.82, 2.24) is 0 Å². The molecule has 0 spiro atoms. The monoisotopic (exact) mass is 404 g/mol. The summed E-state index contributed by atoms with van der Waals surface area (Å²) >= 11 is 0. The molecule has 0 radical (unpaired) electrons. The van der Waals surface area contributed by atoms with E-state index in [1.54, 1.807) is 6.07 Å². The lowest BCUT2D eigenvalue weighted by Gasteiger charge is -2.32. The molecule has 1 fully saturated rings. The largest absolute Gasteiger partial charge is 0.423 e. The molecule has 2 nitrogen and oxygen atoms in total. The van der Waals surface area contributed by atoms with E-state index in [4.69, 9.17) is 4.74 Å². The first-order chi connectivity index (χ1) is 13.9. The molecular weight excluding hydrogens is 377 g/mol. The van der Waals surface area contributed by atoms with Crippen molar-refractivity contribution in [2.45, 2.75) is 52.4 Å². The van der Waals surface area contributed by atoms with E-state index in [1.165, 1.54) is 44.2 Å². The molecule has 0 aromatic heterocycles. The van der Waals surface area contributed by atoms with Crippen molar-refractivity contribution in [3.63, 3.8) is 0 Å². The van der Waals surface area contributed by atoms with Crippen LogP contribution in [0.1, 0.15) is 61.9 Å². The number of halogens is 3. The molecule has 2 aromatic carbocycles. The fourth-order valence-electron chi connectivity index (χ4n) is 4.26. The number of esters is 1. The lowest BCUT2D eigenvalue weighted by atomic mass is 9.74. The van der Waals surface area contributed by atoms with E-state index in [0.717, 1.165) is 36.1 Å². The summed E-state index contributed by atoms with van der Waals surface area (Å²) in [6.07, 6.45) is 7.00. The molecule has 29 heavy (non-hydrogen) atoms. The minimum atomic E-state index is -1.13. The third-order valence-electron chi connectivity index (χ3n) is 6.19. The van der Waals surface area contributed by atoms with Crippen molar-refractivity contribution in [1.29, 1.82) is 0 Å². The predicted molar refractivity (Wildman–Crippen MR) is 106 cm³/mol. The Morgan fingerprint density at radius 2 is 1.72 bits per heavy atom. The lowest BCUT2D eigenvalue weighted by Crippen LogP contribution is -2.21. The van der Waals surface area contributed by atoms with Crippen LogP contribution in [0, 0.1) is 35.2 Å². The molecule has 2 aromatic rings. The van der Waals surface area contributed by atoms with Crippen molar-refractivity contribution in [2.24, 2.45) is 17.8 Å². The van der Waals surface area contributed by atoms with Gasteiger partial charge in [-0.25, -0.2) is 18.0 Å². The quantitative estimate of drug-likeness (QED) is 0.395. The Bertz CT molecular complexity index is 857. The number of benzene rings is 2. The molecular formula is C24H27F3O2. The maximum atomic E-state index is 14.5. The highest BCUT2D eigenvalue weighted by Gasteiger charge is 2.25. The highest BCUT2D eigenvalue weighted by molar-refractivity contribution is 5.91. The maximum Gasteiger partial charge on any atom is 0.346 e. The zero-order valence-corrected chi connectivity index (χ0v) is 16.9. The van der Waals surface area contributed by atoms with Crippen LogP contribution in [0.15, 0.2) is 36.4 Å². The Kier molecular flexibility index (Phi) is 6.99. The van der Waals surface area contributed by atoms with Gasteiger partial charge in [-0.15, -0.1) is 0 Å². The average Bonchev–Trinajstić information content (AvgIpc) is 2.70. The summed E-state index contributed by atoms with van der Waals surface area (Å²) in [5, 5.41) is 0. The minimum absolute atomic E-state index is 0.173. The highest BCUT2D eigenvalue weighted by Crippen LogP contribution is 2.36. The number of hydrogen-bond donors (Lipinski definition) is 0. The number of hydrogen-bond acceptors (Lipinski definition) is 2. The molecule has 0 amide bonds. The fourth-order valence-corrected chi connectivity index (χ4v) is 4.26. The van der Waals surface area contributed by atoms with Gasteiger partial charge in [-0.2, -0.15) is 0 Å². The van der Waals surface area contributed by atoms with Gasteiger partial charge < -0.3 is 4.74 Å². The molecule has 1 aliphatic carbocycles. The van der Waals surface area contributed by atoms with Crippen LogP contribution in [-0.2, 0) is 6.42 Å². The van der Waals surface area contributed by atoms with Crippen molar-refractivity contribution in [3.8, 4) is 5.75 Å². The summed E-state index contributed by atoms with van der Waals surface area (Å²) in [7, 11) is 0. The Labute approximate surface area is 170 Å². The molecule has 0 N–H and O–H groups in total. The molecule has 0 bridgehead atoms. The molecule has 0 saturated heterocycles. The van der Waals surface area contributed by atoms with Crippen LogP contribution in [0.2, 0.25) is 0 Å². The molecule has 1 atom stereocenters. The number of rotatable bonds is 6. The summed E-state index contributed by atoms with van der Waals surface area (Å²) in [5.41, 5.74) is 0.617. The van der Waals surface area contributed by atoms with Gasteiger partial charge in [0.25, 0.3) is 0 Å². The summed E-state index contributed by atoms with van der Waals surface area (Å²) in [4.78, 5) is 12.2. The molecule has 0 aliphatic heterocycles. The Morgan fingerprint density at radius 3 is 2.34 bits per heavy atom. The van der Waals surface area contributed by atoms with Crippen LogP contribution in [-0.4, -0.2) is 5.97 Å². The molecule has 0 heterocycles. The van der Waals surface area contributed by atoms with Crippen LogP contribution in [0.25, 0.3) is 0 Å². The molecule has 156 valence electrons. The topological polar surface area (TPSA) is 26.3 Å². The first-order valence-corrected chi connectivity index (χ1v) is 10.3. The van der Waals surface area contributed by atoms with E-state index in [-0.39, 0.29) is 11.3 Å². The van der Waals surface area contributed by atoms with Crippen LogP contribution < -0.4 is 4.74 Å². The van der Waals surface area contributed by atoms with E-state index in [1.807, 2.05) is 0 Å². The highest BCUT2D eigenvalue weighted by atomic mass is 19.2. The van der Waals surface area contributed by atoms with Gasteiger partial charge in [0.1, 0.15) is 11.6 Å². The zero-order valence-electron chi connectivity index (χ0n) is 16.9. The second-order valence-corrected chi connectivity index (χ2v) is 8.15. The Morgan fingerprint density at radius 1 is 1.00 bits per heavy atom. The van der Waals surface area contributed by atoms with Gasteiger partial charge in [-0.3, -0.25) is 0 Å².